The number of halogens is 1. The summed E-state index contributed by atoms with van der Waals surface area (Å²) in [5.74, 6) is 0.0116. The molecular weight excluding hydrogens is 369 g/mol. The van der Waals surface area contributed by atoms with E-state index in [1.54, 1.807) is 17.8 Å². The highest BCUT2D eigenvalue weighted by molar-refractivity contribution is 7.98. The van der Waals surface area contributed by atoms with E-state index in [4.69, 9.17) is 4.74 Å². The van der Waals surface area contributed by atoms with Crippen LogP contribution in [0.25, 0.3) is 11.1 Å². The first-order valence-electron chi connectivity index (χ1n) is 8.58. The Kier molecular flexibility index (Phi) is 9.28. The molecule has 27 heavy (non-hydrogen) atoms. The average Bonchev–Trinajstić information content (AvgIpc) is 2.64. The summed E-state index contributed by atoms with van der Waals surface area (Å²) in [5, 5.41) is 2.90. The van der Waals surface area contributed by atoms with Crippen molar-refractivity contribution in [2.24, 2.45) is 0 Å². The third kappa shape index (κ3) is 6.23. The Morgan fingerprint density at radius 2 is 1.89 bits per heavy atom. The average molecular weight is 398 g/mol. The molecule has 5 nitrogen and oxygen atoms in total. The smallest absolute Gasteiger partial charge is 0.412 e. The fourth-order valence-corrected chi connectivity index (χ4v) is 3.59. The maximum Gasteiger partial charge on any atom is 0.412 e. The van der Waals surface area contributed by atoms with Gasteiger partial charge in [0.15, 0.2) is 0 Å². The molecule has 0 bridgehead atoms. The van der Waals surface area contributed by atoms with Crippen LogP contribution in [-0.4, -0.2) is 29.3 Å². The van der Waals surface area contributed by atoms with Crippen molar-refractivity contribution in [3.05, 3.63) is 48.3 Å². The molecule has 0 atom stereocenters. The predicted octanol–water partition coefficient (Wildman–Crippen LogP) is 4.23. The summed E-state index contributed by atoms with van der Waals surface area (Å²) in [5.41, 5.74) is 1.20. The monoisotopic (exact) mass is 397 g/mol. The molecule has 2 aromatic rings. The van der Waals surface area contributed by atoms with E-state index in [0.29, 0.717) is 11.3 Å². The van der Waals surface area contributed by atoms with Gasteiger partial charge >= 0.3 is 6.09 Å². The van der Waals surface area contributed by atoms with E-state index in [1.807, 2.05) is 30.5 Å². The lowest BCUT2D eigenvalue weighted by atomic mass is 9.96. The van der Waals surface area contributed by atoms with Gasteiger partial charge in [-0.25, -0.2) is 9.18 Å². The lowest BCUT2D eigenvalue weighted by Gasteiger charge is -2.22. The van der Waals surface area contributed by atoms with Gasteiger partial charge in [-0.05, 0) is 55.0 Å². The van der Waals surface area contributed by atoms with Crippen LogP contribution in [0.1, 0.15) is 33.5 Å². The first kappa shape index (κ1) is 23.0. The molecular formula is C20H28FNO4S. The lowest BCUT2D eigenvalue weighted by molar-refractivity contribution is 0.192. The van der Waals surface area contributed by atoms with Crippen LogP contribution in [-0.2, 0) is 0 Å². The van der Waals surface area contributed by atoms with E-state index >= 15 is 0 Å². The molecule has 150 valence electrons. The van der Waals surface area contributed by atoms with E-state index < -0.39 is 6.09 Å². The highest BCUT2D eigenvalue weighted by atomic mass is 32.2. The number of rotatable bonds is 4. The lowest BCUT2D eigenvalue weighted by Crippen LogP contribution is -2.38. The Morgan fingerprint density at radius 3 is 2.59 bits per heavy atom. The number of carbonyl (C=O) groups is 1. The molecule has 5 N–H and O–H groups in total. The van der Waals surface area contributed by atoms with Gasteiger partial charge in [-0.15, -0.1) is 11.8 Å². The Morgan fingerprint density at radius 1 is 1.15 bits per heavy atom. The Labute approximate surface area is 164 Å². The minimum absolute atomic E-state index is 0. The van der Waals surface area contributed by atoms with Gasteiger partial charge in [-0.2, -0.15) is 0 Å². The van der Waals surface area contributed by atoms with Gasteiger partial charge in [0.1, 0.15) is 11.6 Å². The molecule has 1 saturated carbocycles. The van der Waals surface area contributed by atoms with Crippen molar-refractivity contribution in [2.45, 2.75) is 43.0 Å². The normalized spacial score (nSPS) is 13.9. The van der Waals surface area contributed by atoms with E-state index in [2.05, 4.69) is 5.32 Å². The minimum atomic E-state index is -0.470. The van der Waals surface area contributed by atoms with Crippen LogP contribution < -0.4 is 10.1 Å². The number of nitrogens with one attached hydrogen (secondary N) is 1. The summed E-state index contributed by atoms with van der Waals surface area (Å²) in [6.45, 7) is 0. The summed E-state index contributed by atoms with van der Waals surface area (Å²) in [4.78, 5) is 13.1. The highest BCUT2D eigenvalue weighted by Crippen LogP contribution is 2.30. The van der Waals surface area contributed by atoms with Crippen LogP contribution in [0, 0.1) is 5.82 Å². The molecule has 1 aliphatic rings. The maximum absolute atomic E-state index is 14.2. The molecule has 1 fully saturated rings. The quantitative estimate of drug-likeness (QED) is 0.781. The number of hydrogen-bond donors (Lipinski definition) is 1. The molecule has 0 unspecified atom stereocenters. The molecule has 1 aliphatic carbocycles. The highest BCUT2D eigenvalue weighted by Gasteiger charge is 2.17. The van der Waals surface area contributed by atoms with Crippen molar-refractivity contribution in [3.8, 4) is 16.9 Å². The van der Waals surface area contributed by atoms with Crippen molar-refractivity contribution in [1.82, 2.24) is 5.32 Å². The zero-order valence-electron chi connectivity index (χ0n) is 15.3. The van der Waals surface area contributed by atoms with Crippen molar-refractivity contribution >= 4 is 17.9 Å². The predicted molar refractivity (Wildman–Crippen MR) is 109 cm³/mol. The van der Waals surface area contributed by atoms with Crippen LogP contribution in [0.2, 0.25) is 0 Å². The number of carbonyl (C=O) groups excluding carboxylic acids is 1. The number of benzene rings is 2. The van der Waals surface area contributed by atoms with Crippen molar-refractivity contribution in [1.29, 1.82) is 0 Å². The van der Waals surface area contributed by atoms with Crippen LogP contribution >= 0.6 is 11.8 Å². The second-order valence-electron chi connectivity index (χ2n) is 6.24. The third-order valence-electron chi connectivity index (χ3n) is 4.46. The van der Waals surface area contributed by atoms with Gasteiger partial charge in [0, 0.05) is 17.9 Å². The third-order valence-corrected chi connectivity index (χ3v) is 5.18. The second kappa shape index (κ2) is 10.9. The minimum Gasteiger partial charge on any atom is -0.412 e. The number of thioether (sulfide) groups is 1. The molecule has 0 saturated heterocycles. The molecule has 0 aliphatic heterocycles. The molecule has 2 aromatic carbocycles. The van der Waals surface area contributed by atoms with Gasteiger partial charge < -0.3 is 21.0 Å². The topological polar surface area (TPSA) is 101 Å². The largest absolute Gasteiger partial charge is 0.412 e. The standard InChI is InChI=1S/C20H22FNO2S.2H2O.H2/c1-25-17-9-5-6-14(12-17)18-13-16(10-11-19(18)21)24-20(23)22-15-7-3-2-4-8-15;;;/h5-6,9-13,15H,2-4,7-8H2,1H3,(H,22,23);2*1H2;1H. The Hall–Kier alpha value is -2.09. The van der Waals surface area contributed by atoms with Gasteiger partial charge in [-0.1, -0.05) is 31.4 Å². The van der Waals surface area contributed by atoms with Crippen LogP contribution in [0.15, 0.2) is 47.4 Å². The van der Waals surface area contributed by atoms with E-state index in [1.165, 1.54) is 18.6 Å². The van der Waals surface area contributed by atoms with E-state index in [9.17, 15) is 9.18 Å². The SMILES string of the molecule is CSc1cccc(-c2cc(OC(=O)NC3CCCCC3)ccc2F)c1.O.O.[HH]. The van der Waals surface area contributed by atoms with Gasteiger partial charge in [0.2, 0.25) is 0 Å². The summed E-state index contributed by atoms with van der Waals surface area (Å²) in [7, 11) is 0. The number of hydrogen-bond acceptors (Lipinski definition) is 3. The zero-order chi connectivity index (χ0) is 17.6. The molecule has 0 heterocycles. The van der Waals surface area contributed by atoms with Gasteiger partial charge in [0.25, 0.3) is 0 Å². The molecule has 0 radical (unpaired) electrons. The fourth-order valence-electron chi connectivity index (χ4n) is 3.13. The fraction of sp³-hybridized carbons (Fsp3) is 0.350. The van der Waals surface area contributed by atoms with Gasteiger partial charge in [0.05, 0.1) is 0 Å². The van der Waals surface area contributed by atoms with Crippen molar-refractivity contribution in [2.75, 3.05) is 6.26 Å². The molecule has 1 amide bonds. The molecule has 3 rings (SSSR count). The summed E-state index contributed by atoms with van der Waals surface area (Å²) >= 11 is 1.60. The van der Waals surface area contributed by atoms with E-state index in [0.717, 1.165) is 36.1 Å². The van der Waals surface area contributed by atoms with Gasteiger partial charge in [-0.3, -0.25) is 0 Å². The summed E-state index contributed by atoms with van der Waals surface area (Å²) < 4.78 is 19.6. The van der Waals surface area contributed by atoms with Crippen molar-refractivity contribution in [3.63, 3.8) is 0 Å². The van der Waals surface area contributed by atoms with Crippen LogP contribution in [0.4, 0.5) is 9.18 Å². The summed E-state index contributed by atoms with van der Waals surface area (Å²) in [6, 6.07) is 12.2. The Bertz CT molecular complexity index is 757. The summed E-state index contributed by atoms with van der Waals surface area (Å²) in [6.07, 6.45) is 6.99. The van der Waals surface area contributed by atoms with Crippen LogP contribution in [0.5, 0.6) is 5.75 Å². The zero-order valence-corrected chi connectivity index (χ0v) is 16.1. The number of ether oxygens (including phenoxy) is 1. The van der Waals surface area contributed by atoms with E-state index in [-0.39, 0.29) is 24.2 Å². The first-order valence-corrected chi connectivity index (χ1v) is 9.80. The molecule has 0 spiro atoms. The Balaban J connectivity index is 0.00000243. The first-order chi connectivity index (χ1) is 12.2. The number of amides is 1. The van der Waals surface area contributed by atoms with Crippen molar-refractivity contribution < 1.29 is 26.3 Å². The van der Waals surface area contributed by atoms with Crippen LogP contribution in [0.3, 0.4) is 0 Å². The second-order valence-corrected chi connectivity index (χ2v) is 7.12. The maximum atomic E-state index is 14.2. The molecule has 0 aromatic heterocycles. The molecule has 7 heteroatoms.